The van der Waals surface area contributed by atoms with Gasteiger partial charge < -0.3 is 5.32 Å². The van der Waals surface area contributed by atoms with Crippen LogP contribution in [0.5, 0.6) is 0 Å². The van der Waals surface area contributed by atoms with E-state index >= 15 is 0 Å². The predicted octanol–water partition coefficient (Wildman–Crippen LogP) is 6.29. The standard InChI is InChI=1S/C28H27BrN4O2S/c1-2-3-7-19-10-12-21(13-11-19)25(34)30-24(18-20-8-5-4-6-9-20)26(35)31-28-33-32-27(36-28)22-14-16-23(29)17-15-22/h4-6,8-17,24H,2-3,7,18H2,1H3,(H,30,34)(H,31,33,35)/t24-/m0/s1. The number of unbranched alkanes of at least 4 members (excludes halogenated alkanes) is 1. The minimum atomic E-state index is -0.778. The summed E-state index contributed by atoms with van der Waals surface area (Å²) in [7, 11) is 0. The third kappa shape index (κ3) is 7.08. The van der Waals surface area contributed by atoms with Crippen molar-refractivity contribution >= 4 is 44.2 Å². The molecule has 4 aromatic rings. The van der Waals surface area contributed by atoms with Crippen LogP contribution in [-0.4, -0.2) is 28.1 Å². The molecule has 0 bridgehead atoms. The number of nitrogens with zero attached hydrogens (tertiary/aromatic N) is 2. The number of aryl methyl sites for hydroxylation is 1. The van der Waals surface area contributed by atoms with E-state index in [2.05, 4.69) is 43.7 Å². The zero-order valence-corrected chi connectivity index (χ0v) is 22.3. The molecule has 1 aromatic heterocycles. The van der Waals surface area contributed by atoms with Gasteiger partial charge in [0.25, 0.3) is 5.91 Å². The lowest BCUT2D eigenvalue weighted by Gasteiger charge is -2.18. The molecule has 1 atom stereocenters. The second-order valence-corrected chi connectivity index (χ2v) is 10.3. The van der Waals surface area contributed by atoms with Crippen LogP contribution < -0.4 is 10.6 Å². The van der Waals surface area contributed by atoms with Crippen molar-refractivity contribution in [1.82, 2.24) is 15.5 Å². The molecule has 184 valence electrons. The Bertz CT molecular complexity index is 1290. The Morgan fingerprint density at radius 1 is 0.917 bits per heavy atom. The third-order valence-corrected chi connectivity index (χ3v) is 7.10. The Kier molecular flexibility index (Phi) is 8.97. The third-order valence-electron chi connectivity index (χ3n) is 5.69. The summed E-state index contributed by atoms with van der Waals surface area (Å²) in [4.78, 5) is 26.3. The Hall–Kier alpha value is -3.36. The van der Waals surface area contributed by atoms with Crippen LogP contribution in [0.2, 0.25) is 0 Å². The minimum Gasteiger partial charge on any atom is -0.340 e. The van der Waals surface area contributed by atoms with Crippen LogP contribution in [0, 0.1) is 0 Å². The monoisotopic (exact) mass is 562 g/mol. The first-order valence-electron chi connectivity index (χ1n) is 11.9. The Balaban J connectivity index is 1.47. The zero-order valence-electron chi connectivity index (χ0n) is 19.9. The van der Waals surface area contributed by atoms with Crippen LogP contribution in [0.3, 0.4) is 0 Å². The van der Waals surface area contributed by atoms with Gasteiger partial charge in [-0.2, -0.15) is 0 Å². The molecule has 1 heterocycles. The van der Waals surface area contributed by atoms with Gasteiger partial charge in [0.1, 0.15) is 11.0 Å². The lowest BCUT2D eigenvalue weighted by atomic mass is 10.0. The topological polar surface area (TPSA) is 84.0 Å². The number of anilines is 1. The molecular formula is C28H27BrN4O2S. The number of hydrogen-bond donors (Lipinski definition) is 2. The molecule has 2 N–H and O–H groups in total. The highest BCUT2D eigenvalue weighted by Crippen LogP contribution is 2.27. The van der Waals surface area contributed by atoms with Crippen LogP contribution in [-0.2, 0) is 17.6 Å². The summed E-state index contributed by atoms with van der Waals surface area (Å²) in [6.45, 7) is 2.16. The Labute approximate surface area is 223 Å². The first-order valence-corrected chi connectivity index (χ1v) is 13.5. The van der Waals surface area contributed by atoms with Crippen molar-refractivity contribution < 1.29 is 9.59 Å². The largest absolute Gasteiger partial charge is 0.340 e. The number of carbonyl (C=O) groups excluding carboxylic acids is 2. The van der Waals surface area contributed by atoms with Gasteiger partial charge in [-0.25, -0.2) is 0 Å². The summed E-state index contributed by atoms with van der Waals surface area (Å²) in [5, 5.41) is 15.2. The first kappa shape index (κ1) is 25.7. The number of amides is 2. The van der Waals surface area contributed by atoms with Crippen molar-refractivity contribution in [2.75, 3.05) is 5.32 Å². The lowest BCUT2D eigenvalue weighted by molar-refractivity contribution is -0.118. The van der Waals surface area contributed by atoms with E-state index in [0.717, 1.165) is 34.9 Å². The van der Waals surface area contributed by atoms with Gasteiger partial charge in [0.15, 0.2) is 0 Å². The van der Waals surface area contributed by atoms with Crippen LogP contribution in [0.1, 0.15) is 41.3 Å². The fourth-order valence-electron chi connectivity index (χ4n) is 3.68. The molecule has 0 aliphatic rings. The van der Waals surface area contributed by atoms with Crippen molar-refractivity contribution in [2.45, 2.75) is 38.6 Å². The molecule has 4 rings (SSSR count). The lowest BCUT2D eigenvalue weighted by Crippen LogP contribution is -2.45. The maximum absolute atomic E-state index is 13.3. The molecule has 8 heteroatoms. The number of aromatic nitrogens is 2. The molecule has 0 spiro atoms. The Morgan fingerprint density at radius 3 is 2.33 bits per heavy atom. The molecule has 3 aromatic carbocycles. The smallest absolute Gasteiger partial charge is 0.251 e. The molecule has 0 radical (unpaired) electrons. The molecule has 6 nitrogen and oxygen atoms in total. The van der Waals surface area contributed by atoms with E-state index in [1.54, 1.807) is 0 Å². The van der Waals surface area contributed by atoms with Gasteiger partial charge in [-0.05, 0) is 48.2 Å². The first-order chi connectivity index (χ1) is 17.5. The highest BCUT2D eigenvalue weighted by atomic mass is 79.9. The number of halogens is 1. The van der Waals surface area contributed by atoms with Crippen LogP contribution in [0.15, 0.2) is 83.3 Å². The molecule has 0 saturated heterocycles. The number of hydrogen-bond acceptors (Lipinski definition) is 5. The van der Waals surface area contributed by atoms with Gasteiger partial charge in [-0.1, -0.05) is 95.2 Å². The van der Waals surface area contributed by atoms with Gasteiger partial charge in [0.2, 0.25) is 11.0 Å². The van der Waals surface area contributed by atoms with E-state index in [1.165, 1.54) is 16.9 Å². The number of rotatable bonds is 10. The van der Waals surface area contributed by atoms with E-state index < -0.39 is 6.04 Å². The quantitative estimate of drug-likeness (QED) is 0.238. The highest BCUT2D eigenvalue weighted by molar-refractivity contribution is 9.10. The van der Waals surface area contributed by atoms with Gasteiger partial charge in [-0.3, -0.25) is 14.9 Å². The second-order valence-electron chi connectivity index (χ2n) is 8.42. The minimum absolute atomic E-state index is 0.291. The maximum atomic E-state index is 13.3. The SMILES string of the molecule is CCCCc1ccc(C(=O)N[C@@H](Cc2ccccc2)C(=O)Nc2nnc(-c3ccc(Br)cc3)s2)cc1. The van der Waals surface area contributed by atoms with Crippen molar-refractivity contribution in [1.29, 1.82) is 0 Å². The van der Waals surface area contributed by atoms with Crippen molar-refractivity contribution in [3.63, 3.8) is 0 Å². The number of nitrogens with one attached hydrogen (secondary N) is 2. The molecule has 0 aliphatic heterocycles. The van der Waals surface area contributed by atoms with Gasteiger partial charge in [0.05, 0.1) is 0 Å². The van der Waals surface area contributed by atoms with E-state index in [0.29, 0.717) is 22.1 Å². The summed E-state index contributed by atoms with van der Waals surface area (Å²) >= 11 is 4.71. The summed E-state index contributed by atoms with van der Waals surface area (Å²) in [5.74, 6) is -0.633. The molecule has 0 aliphatic carbocycles. The second kappa shape index (κ2) is 12.6. The summed E-state index contributed by atoms with van der Waals surface area (Å²) in [5.41, 5.74) is 3.58. The summed E-state index contributed by atoms with van der Waals surface area (Å²) < 4.78 is 0.972. The van der Waals surface area contributed by atoms with E-state index in [4.69, 9.17) is 0 Å². The van der Waals surface area contributed by atoms with Gasteiger partial charge >= 0.3 is 0 Å². The van der Waals surface area contributed by atoms with E-state index in [-0.39, 0.29) is 11.8 Å². The predicted molar refractivity (Wildman–Crippen MR) is 148 cm³/mol. The van der Waals surface area contributed by atoms with Gasteiger partial charge in [-0.15, -0.1) is 10.2 Å². The van der Waals surface area contributed by atoms with Crippen LogP contribution >= 0.6 is 27.3 Å². The molecule has 0 unspecified atom stereocenters. The fourth-order valence-corrected chi connectivity index (χ4v) is 4.70. The van der Waals surface area contributed by atoms with Crippen molar-refractivity contribution in [3.05, 3.63) is 100 Å². The summed E-state index contributed by atoms with van der Waals surface area (Å²) in [6.07, 6.45) is 3.57. The highest BCUT2D eigenvalue weighted by Gasteiger charge is 2.23. The molecule has 2 amide bonds. The molecule has 0 saturated carbocycles. The molecule has 36 heavy (non-hydrogen) atoms. The maximum Gasteiger partial charge on any atom is 0.251 e. The average molecular weight is 564 g/mol. The average Bonchev–Trinajstić information content (AvgIpc) is 3.36. The fraction of sp³-hybridized carbons (Fsp3) is 0.214. The molecule has 0 fully saturated rings. The normalized spacial score (nSPS) is 11.6. The molecular weight excluding hydrogens is 536 g/mol. The summed E-state index contributed by atoms with van der Waals surface area (Å²) in [6, 6.07) is 24.1. The van der Waals surface area contributed by atoms with Gasteiger partial charge in [0, 0.05) is 22.0 Å². The van der Waals surface area contributed by atoms with Crippen molar-refractivity contribution in [2.24, 2.45) is 0 Å². The number of benzene rings is 3. The van der Waals surface area contributed by atoms with Crippen LogP contribution in [0.4, 0.5) is 5.13 Å². The van der Waals surface area contributed by atoms with Crippen molar-refractivity contribution in [3.8, 4) is 10.6 Å². The Morgan fingerprint density at radius 2 is 1.64 bits per heavy atom. The van der Waals surface area contributed by atoms with Crippen LogP contribution in [0.25, 0.3) is 10.6 Å². The van der Waals surface area contributed by atoms with E-state index in [1.807, 2.05) is 78.9 Å². The van der Waals surface area contributed by atoms with E-state index in [9.17, 15) is 9.59 Å². The zero-order chi connectivity index (χ0) is 25.3. The number of carbonyl (C=O) groups is 2.